The van der Waals surface area contributed by atoms with Gasteiger partial charge in [-0.3, -0.25) is 0 Å². The maximum Gasteiger partial charge on any atom is 0.173 e. The Labute approximate surface area is 194 Å². The van der Waals surface area contributed by atoms with E-state index in [-0.39, 0.29) is 0 Å². The van der Waals surface area contributed by atoms with Crippen molar-refractivity contribution in [3.63, 3.8) is 0 Å². The van der Waals surface area contributed by atoms with Crippen LogP contribution in [-0.2, 0) is 0 Å². The molecule has 0 atom stereocenters. The van der Waals surface area contributed by atoms with E-state index >= 15 is 0 Å². The Morgan fingerprint density at radius 3 is 1.84 bits per heavy atom. The Morgan fingerprint density at radius 1 is 0.781 bits per heavy atom. The molecule has 0 aliphatic carbocycles. The fraction of sp³-hybridized carbons (Fsp3) is 0.0741. The van der Waals surface area contributed by atoms with E-state index in [1.54, 1.807) is 0 Å². The van der Waals surface area contributed by atoms with Gasteiger partial charge in [0.05, 0.1) is 22.4 Å². The predicted molar refractivity (Wildman–Crippen MR) is 139 cm³/mol. The first-order valence-electron chi connectivity index (χ1n) is 10.4. The van der Waals surface area contributed by atoms with Gasteiger partial charge in [-0.2, -0.15) is 0 Å². The van der Waals surface area contributed by atoms with Crippen LogP contribution in [0, 0.1) is 0 Å². The molecule has 0 unspecified atom stereocenters. The maximum absolute atomic E-state index is 5.58. The Kier molecular flexibility index (Phi) is 6.68. The predicted octanol–water partition coefficient (Wildman–Crippen LogP) is 6.33. The third kappa shape index (κ3) is 4.74. The zero-order valence-corrected chi connectivity index (χ0v) is 18.6. The minimum Gasteiger partial charge on any atom is -0.342 e. The first kappa shape index (κ1) is 21.4. The van der Waals surface area contributed by atoms with E-state index in [0.717, 1.165) is 39.2 Å². The lowest BCUT2D eigenvalue weighted by Gasteiger charge is -2.23. The highest BCUT2D eigenvalue weighted by Gasteiger charge is 2.14. The summed E-state index contributed by atoms with van der Waals surface area (Å²) >= 11 is 5.58. The zero-order valence-electron chi connectivity index (χ0n) is 17.7. The average molecular weight is 437 g/mol. The molecule has 0 aliphatic rings. The molecular weight excluding hydrogens is 412 g/mol. The molecule has 5 heteroatoms. The molecule has 4 nitrogen and oxygen atoms in total. The van der Waals surface area contributed by atoms with Crippen LogP contribution in [0.5, 0.6) is 0 Å². The summed E-state index contributed by atoms with van der Waals surface area (Å²) < 4.78 is 0. The molecule has 158 valence electrons. The maximum atomic E-state index is 5.58. The van der Waals surface area contributed by atoms with Gasteiger partial charge in [-0.15, -0.1) is 13.2 Å². The molecule has 0 fully saturated rings. The van der Waals surface area contributed by atoms with Crippen molar-refractivity contribution in [3.8, 4) is 22.5 Å². The Morgan fingerprint density at radius 2 is 1.31 bits per heavy atom. The molecule has 3 aromatic carbocycles. The lowest BCUT2D eigenvalue weighted by Crippen LogP contribution is -2.34. The van der Waals surface area contributed by atoms with E-state index in [1.807, 2.05) is 71.6 Å². The summed E-state index contributed by atoms with van der Waals surface area (Å²) in [6.07, 6.45) is 3.64. The van der Waals surface area contributed by atoms with Crippen molar-refractivity contribution in [2.45, 2.75) is 0 Å². The largest absolute Gasteiger partial charge is 0.342 e. The molecule has 4 aromatic rings. The quantitative estimate of drug-likeness (QED) is 0.271. The molecule has 0 saturated carbocycles. The topological polar surface area (TPSA) is 41.0 Å². The number of aromatic nitrogens is 2. The molecule has 0 radical (unpaired) electrons. The van der Waals surface area contributed by atoms with Gasteiger partial charge in [0, 0.05) is 29.9 Å². The highest BCUT2D eigenvalue weighted by molar-refractivity contribution is 7.80. The second-order valence-corrected chi connectivity index (χ2v) is 7.66. The number of benzene rings is 3. The second-order valence-electron chi connectivity index (χ2n) is 7.27. The van der Waals surface area contributed by atoms with Gasteiger partial charge in [-0.1, -0.05) is 72.8 Å². The van der Waals surface area contributed by atoms with E-state index in [0.29, 0.717) is 18.2 Å². The first-order valence-corrected chi connectivity index (χ1v) is 10.8. The molecule has 1 aromatic heterocycles. The number of thiocarbonyl (C=S) groups is 1. The van der Waals surface area contributed by atoms with Crippen LogP contribution in [0.1, 0.15) is 0 Å². The SMILES string of the molecule is C=CCN(CC=C)C(=S)Nc1ccc2nc(-c3ccccc3)c(-c3ccccc3)nc2c1. The smallest absolute Gasteiger partial charge is 0.173 e. The molecule has 1 heterocycles. The molecule has 0 amide bonds. The summed E-state index contributed by atoms with van der Waals surface area (Å²) in [5, 5.41) is 3.92. The monoisotopic (exact) mass is 436 g/mol. The van der Waals surface area contributed by atoms with E-state index < -0.39 is 0 Å². The summed E-state index contributed by atoms with van der Waals surface area (Å²) in [7, 11) is 0. The second kappa shape index (κ2) is 9.98. The number of anilines is 1. The number of rotatable bonds is 7. The fourth-order valence-electron chi connectivity index (χ4n) is 3.48. The van der Waals surface area contributed by atoms with Gasteiger partial charge in [-0.25, -0.2) is 9.97 Å². The van der Waals surface area contributed by atoms with Gasteiger partial charge in [0.2, 0.25) is 0 Å². The lowest BCUT2D eigenvalue weighted by atomic mass is 10.0. The van der Waals surface area contributed by atoms with Crippen molar-refractivity contribution < 1.29 is 0 Å². The Hall–Kier alpha value is -3.83. The van der Waals surface area contributed by atoms with Crippen LogP contribution < -0.4 is 5.32 Å². The molecule has 0 spiro atoms. The van der Waals surface area contributed by atoms with E-state index in [1.165, 1.54) is 0 Å². The van der Waals surface area contributed by atoms with Crippen LogP contribution >= 0.6 is 12.2 Å². The first-order chi connectivity index (χ1) is 15.7. The van der Waals surface area contributed by atoms with Gasteiger partial charge in [0.15, 0.2) is 5.11 Å². The minimum absolute atomic E-state index is 0.612. The zero-order chi connectivity index (χ0) is 22.3. The molecule has 4 rings (SSSR count). The van der Waals surface area contributed by atoms with Crippen molar-refractivity contribution in [3.05, 3.63) is 104 Å². The standard InChI is InChI=1S/C27H24N4S/c1-3-17-31(18-4-2)27(32)28-22-15-16-23-24(19-22)30-26(21-13-9-6-10-14-21)25(29-23)20-11-7-5-8-12-20/h3-16,19H,1-2,17-18H2,(H,28,32). The molecule has 32 heavy (non-hydrogen) atoms. The summed E-state index contributed by atoms with van der Waals surface area (Å²) in [5.74, 6) is 0. The van der Waals surface area contributed by atoms with Crippen molar-refractivity contribution in [1.29, 1.82) is 0 Å². The number of nitrogens with one attached hydrogen (secondary N) is 1. The molecule has 0 aliphatic heterocycles. The van der Waals surface area contributed by atoms with Crippen LogP contribution in [0.2, 0.25) is 0 Å². The Balaban J connectivity index is 1.76. The number of hydrogen-bond acceptors (Lipinski definition) is 3. The average Bonchev–Trinajstić information content (AvgIpc) is 2.84. The summed E-state index contributed by atoms with van der Waals surface area (Å²) in [6, 6.07) is 26.2. The highest BCUT2D eigenvalue weighted by Crippen LogP contribution is 2.31. The van der Waals surface area contributed by atoms with Crippen molar-refractivity contribution in [2.75, 3.05) is 18.4 Å². The molecular formula is C27H24N4S. The lowest BCUT2D eigenvalue weighted by molar-refractivity contribution is 0.522. The summed E-state index contributed by atoms with van der Waals surface area (Å²) in [4.78, 5) is 12.0. The van der Waals surface area contributed by atoms with Crippen LogP contribution in [0.25, 0.3) is 33.5 Å². The van der Waals surface area contributed by atoms with Gasteiger partial charge in [0.1, 0.15) is 0 Å². The molecule has 0 bridgehead atoms. The fourth-order valence-corrected chi connectivity index (χ4v) is 3.75. The highest BCUT2D eigenvalue weighted by atomic mass is 32.1. The minimum atomic E-state index is 0.612. The molecule has 1 N–H and O–H groups in total. The number of nitrogens with zero attached hydrogens (tertiary/aromatic N) is 3. The van der Waals surface area contributed by atoms with E-state index in [2.05, 4.69) is 42.7 Å². The van der Waals surface area contributed by atoms with Crippen LogP contribution in [0.4, 0.5) is 5.69 Å². The van der Waals surface area contributed by atoms with Crippen LogP contribution in [0.15, 0.2) is 104 Å². The van der Waals surface area contributed by atoms with Gasteiger partial charge in [0.25, 0.3) is 0 Å². The Bertz CT molecular complexity index is 1240. The van der Waals surface area contributed by atoms with Gasteiger partial charge in [-0.05, 0) is 30.4 Å². The van der Waals surface area contributed by atoms with E-state index in [9.17, 15) is 0 Å². The third-order valence-corrected chi connectivity index (χ3v) is 5.36. The summed E-state index contributed by atoms with van der Waals surface area (Å²) in [5.41, 5.74) is 6.27. The number of hydrogen-bond donors (Lipinski definition) is 1. The third-order valence-electron chi connectivity index (χ3n) is 5.00. The number of fused-ring (bicyclic) bond motifs is 1. The van der Waals surface area contributed by atoms with E-state index in [4.69, 9.17) is 22.2 Å². The summed E-state index contributed by atoms with van der Waals surface area (Å²) in [6.45, 7) is 8.89. The van der Waals surface area contributed by atoms with Gasteiger partial charge < -0.3 is 10.2 Å². The van der Waals surface area contributed by atoms with Crippen molar-refractivity contribution in [2.24, 2.45) is 0 Å². The van der Waals surface area contributed by atoms with Crippen molar-refractivity contribution >= 4 is 34.1 Å². The molecule has 0 saturated heterocycles. The van der Waals surface area contributed by atoms with Crippen LogP contribution in [0.3, 0.4) is 0 Å². The van der Waals surface area contributed by atoms with Crippen LogP contribution in [-0.4, -0.2) is 33.1 Å². The van der Waals surface area contributed by atoms with Crippen molar-refractivity contribution in [1.82, 2.24) is 14.9 Å². The van der Waals surface area contributed by atoms with Gasteiger partial charge >= 0.3 is 0 Å². The normalized spacial score (nSPS) is 10.5.